The number of nitrogens with zero attached hydrogens (tertiary/aromatic N) is 2. The summed E-state index contributed by atoms with van der Waals surface area (Å²) in [6, 6.07) is 2.84. The van der Waals surface area contributed by atoms with Crippen molar-refractivity contribution < 1.29 is 0 Å². The molecule has 1 aliphatic carbocycles. The lowest BCUT2D eigenvalue weighted by Gasteiger charge is -2.43. The van der Waals surface area contributed by atoms with E-state index in [2.05, 4.69) is 56.0 Å². The van der Waals surface area contributed by atoms with Crippen LogP contribution in [0.15, 0.2) is 6.07 Å². The second kappa shape index (κ2) is 6.30. The fourth-order valence-electron chi connectivity index (χ4n) is 3.87. The molecular weight excluding hydrogens is 246 g/mol. The number of hydrogen-bond donors (Lipinski definition) is 1. The van der Waals surface area contributed by atoms with Crippen molar-refractivity contribution in [2.75, 3.05) is 7.05 Å². The molecule has 0 amide bonds. The van der Waals surface area contributed by atoms with Crippen LogP contribution in [0.4, 0.5) is 0 Å². The maximum absolute atomic E-state index is 4.59. The molecule has 2 unspecified atom stereocenters. The Kier molecular flexibility index (Phi) is 4.90. The lowest BCUT2D eigenvalue weighted by molar-refractivity contribution is 0.100. The van der Waals surface area contributed by atoms with Gasteiger partial charge in [-0.05, 0) is 43.7 Å². The molecule has 1 aliphatic rings. The van der Waals surface area contributed by atoms with Crippen LogP contribution in [-0.4, -0.2) is 22.9 Å². The number of rotatable bonds is 5. The lowest BCUT2D eigenvalue weighted by Crippen LogP contribution is -2.45. The van der Waals surface area contributed by atoms with E-state index in [-0.39, 0.29) is 0 Å². The molecule has 0 spiro atoms. The highest BCUT2D eigenvalue weighted by molar-refractivity contribution is 5.12. The van der Waals surface area contributed by atoms with E-state index >= 15 is 0 Å². The summed E-state index contributed by atoms with van der Waals surface area (Å²) in [6.07, 6.45) is 7.61. The first kappa shape index (κ1) is 15.6. The lowest BCUT2D eigenvalue weighted by atomic mass is 9.65. The Morgan fingerprint density at radius 1 is 1.45 bits per heavy atom. The SMILES string of the molecule is CCc1cc(CC(NC)C2CCCCC2(C)C)n(C)n1. The summed E-state index contributed by atoms with van der Waals surface area (Å²) in [4.78, 5) is 0. The number of hydrogen-bond acceptors (Lipinski definition) is 2. The molecule has 1 heterocycles. The first-order valence-electron chi connectivity index (χ1n) is 8.17. The zero-order chi connectivity index (χ0) is 14.8. The van der Waals surface area contributed by atoms with Crippen LogP contribution in [0.5, 0.6) is 0 Å². The average Bonchev–Trinajstić information content (AvgIpc) is 2.77. The van der Waals surface area contributed by atoms with E-state index in [0.29, 0.717) is 11.5 Å². The molecule has 3 heteroatoms. The summed E-state index contributed by atoms with van der Waals surface area (Å²) >= 11 is 0. The summed E-state index contributed by atoms with van der Waals surface area (Å²) in [5.74, 6) is 0.765. The standard InChI is InChI=1S/C17H31N3/c1-6-13-11-14(20(5)19-13)12-16(18-4)15-9-7-8-10-17(15,2)3/h11,15-16,18H,6-10,12H2,1-5H3. The van der Waals surface area contributed by atoms with E-state index in [1.807, 2.05) is 0 Å². The van der Waals surface area contributed by atoms with Crippen molar-refractivity contribution in [1.29, 1.82) is 0 Å². The smallest absolute Gasteiger partial charge is 0.0624 e. The highest BCUT2D eigenvalue weighted by atomic mass is 15.3. The van der Waals surface area contributed by atoms with E-state index in [9.17, 15) is 0 Å². The largest absolute Gasteiger partial charge is 0.316 e. The quantitative estimate of drug-likeness (QED) is 0.894. The number of aryl methyl sites for hydroxylation is 2. The number of aromatic nitrogens is 2. The predicted octanol–water partition coefficient (Wildman–Crippen LogP) is 3.33. The van der Waals surface area contributed by atoms with E-state index in [1.54, 1.807) is 0 Å². The molecule has 0 radical (unpaired) electrons. The number of nitrogens with one attached hydrogen (secondary N) is 1. The van der Waals surface area contributed by atoms with Gasteiger partial charge in [-0.25, -0.2) is 0 Å². The third-order valence-corrected chi connectivity index (χ3v) is 5.27. The molecule has 1 fully saturated rings. The van der Waals surface area contributed by atoms with Crippen LogP contribution in [0.1, 0.15) is 57.8 Å². The molecule has 3 nitrogen and oxygen atoms in total. The van der Waals surface area contributed by atoms with Crippen LogP contribution in [-0.2, 0) is 19.9 Å². The van der Waals surface area contributed by atoms with Gasteiger partial charge in [0.15, 0.2) is 0 Å². The molecule has 1 aromatic heterocycles. The van der Waals surface area contributed by atoms with Gasteiger partial charge in [0, 0.05) is 25.2 Å². The first-order valence-corrected chi connectivity index (χ1v) is 8.17. The predicted molar refractivity (Wildman–Crippen MR) is 84.9 cm³/mol. The van der Waals surface area contributed by atoms with E-state index in [4.69, 9.17) is 0 Å². The molecule has 0 aromatic carbocycles. The van der Waals surface area contributed by atoms with Crippen molar-refractivity contribution >= 4 is 0 Å². The summed E-state index contributed by atoms with van der Waals surface area (Å²) < 4.78 is 2.07. The zero-order valence-corrected chi connectivity index (χ0v) is 13.9. The second-order valence-corrected chi connectivity index (χ2v) is 7.04. The zero-order valence-electron chi connectivity index (χ0n) is 13.9. The molecule has 1 aromatic rings. The van der Waals surface area contributed by atoms with Crippen molar-refractivity contribution in [3.05, 3.63) is 17.5 Å². The molecule has 114 valence electrons. The van der Waals surface area contributed by atoms with Gasteiger partial charge in [-0.1, -0.05) is 33.6 Å². The highest BCUT2D eigenvalue weighted by Crippen LogP contribution is 2.42. The fourth-order valence-corrected chi connectivity index (χ4v) is 3.87. The van der Waals surface area contributed by atoms with E-state index < -0.39 is 0 Å². The average molecular weight is 277 g/mol. The molecule has 20 heavy (non-hydrogen) atoms. The number of likely N-dealkylation sites (N-methyl/N-ethyl adjacent to an activating group) is 1. The van der Waals surface area contributed by atoms with Gasteiger partial charge in [-0.3, -0.25) is 4.68 Å². The molecule has 2 rings (SSSR count). The van der Waals surface area contributed by atoms with Crippen LogP contribution >= 0.6 is 0 Å². The van der Waals surface area contributed by atoms with Gasteiger partial charge in [-0.2, -0.15) is 5.10 Å². The highest BCUT2D eigenvalue weighted by Gasteiger charge is 2.37. The third-order valence-electron chi connectivity index (χ3n) is 5.27. The van der Waals surface area contributed by atoms with Crippen molar-refractivity contribution in [3.63, 3.8) is 0 Å². The Bertz CT molecular complexity index is 433. The van der Waals surface area contributed by atoms with E-state index in [1.165, 1.54) is 37.1 Å². The minimum atomic E-state index is 0.456. The second-order valence-electron chi connectivity index (χ2n) is 7.04. The minimum absolute atomic E-state index is 0.456. The summed E-state index contributed by atoms with van der Waals surface area (Å²) in [5.41, 5.74) is 3.03. The van der Waals surface area contributed by atoms with Crippen LogP contribution in [0, 0.1) is 11.3 Å². The van der Waals surface area contributed by atoms with Gasteiger partial charge in [0.1, 0.15) is 0 Å². The van der Waals surface area contributed by atoms with Crippen molar-refractivity contribution in [3.8, 4) is 0 Å². The van der Waals surface area contributed by atoms with Gasteiger partial charge < -0.3 is 5.32 Å². The summed E-state index contributed by atoms with van der Waals surface area (Å²) in [5, 5.41) is 8.18. The Labute approximate surface area is 124 Å². The third kappa shape index (κ3) is 3.25. The maximum atomic E-state index is 4.59. The molecule has 0 aliphatic heterocycles. The Morgan fingerprint density at radius 2 is 2.20 bits per heavy atom. The van der Waals surface area contributed by atoms with E-state index in [0.717, 1.165) is 18.8 Å². The van der Waals surface area contributed by atoms with Crippen LogP contribution in [0.3, 0.4) is 0 Å². The van der Waals surface area contributed by atoms with Crippen molar-refractivity contribution in [2.24, 2.45) is 18.4 Å². The monoisotopic (exact) mass is 277 g/mol. The summed E-state index contributed by atoms with van der Waals surface area (Å²) in [7, 11) is 4.19. The normalized spacial score (nSPS) is 23.8. The maximum Gasteiger partial charge on any atom is 0.0624 e. The van der Waals surface area contributed by atoms with Crippen LogP contribution < -0.4 is 5.32 Å². The van der Waals surface area contributed by atoms with Gasteiger partial charge in [0.25, 0.3) is 0 Å². The van der Waals surface area contributed by atoms with Gasteiger partial charge in [0.2, 0.25) is 0 Å². The van der Waals surface area contributed by atoms with Gasteiger partial charge in [0.05, 0.1) is 5.69 Å². The molecule has 1 N–H and O–H groups in total. The molecule has 1 saturated carbocycles. The van der Waals surface area contributed by atoms with Gasteiger partial charge >= 0.3 is 0 Å². The molecular formula is C17H31N3. The van der Waals surface area contributed by atoms with Crippen LogP contribution in [0.25, 0.3) is 0 Å². The molecule has 0 saturated heterocycles. The molecule has 0 bridgehead atoms. The first-order chi connectivity index (χ1) is 9.47. The van der Waals surface area contributed by atoms with Crippen LogP contribution in [0.2, 0.25) is 0 Å². The Hall–Kier alpha value is -0.830. The topological polar surface area (TPSA) is 29.9 Å². The van der Waals surface area contributed by atoms with Crippen molar-refractivity contribution in [1.82, 2.24) is 15.1 Å². The minimum Gasteiger partial charge on any atom is -0.316 e. The Morgan fingerprint density at radius 3 is 2.75 bits per heavy atom. The Balaban J connectivity index is 2.13. The fraction of sp³-hybridized carbons (Fsp3) is 0.824. The van der Waals surface area contributed by atoms with Gasteiger partial charge in [-0.15, -0.1) is 0 Å². The summed E-state index contributed by atoms with van der Waals surface area (Å²) in [6.45, 7) is 7.07. The van der Waals surface area contributed by atoms with Crippen molar-refractivity contribution in [2.45, 2.75) is 65.3 Å². The molecule has 2 atom stereocenters.